The highest BCUT2D eigenvalue weighted by Gasteiger charge is 2.60. The summed E-state index contributed by atoms with van der Waals surface area (Å²) in [6, 6.07) is 9.40. The summed E-state index contributed by atoms with van der Waals surface area (Å²) in [6.07, 6.45) is -1.80. The summed E-state index contributed by atoms with van der Waals surface area (Å²) in [5.41, 5.74) is 0.922. The van der Waals surface area contributed by atoms with E-state index in [1.165, 1.54) is 23.5 Å². The molecule has 1 amide bonds. The number of aliphatic hydroxyl groups excluding tert-OH is 1. The van der Waals surface area contributed by atoms with E-state index in [2.05, 4.69) is 10.2 Å². The van der Waals surface area contributed by atoms with Crippen LogP contribution in [0.25, 0.3) is 5.57 Å². The first kappa shape index (κ1) is 21.5. The van der Waals surface area contributed by atoms with Crippen molar-refractivity contribution in [2.75, 3.05) is 26.2 Å². The zero-order chi connectivity index (χ0) is 22.5. The molecule has 170 valence electrons. The number of piperidine rings is 1. The number of nitrogens with zero attached hydrogens (tertiary/aromatic N) is 2. The number of halogens is 3. The molecule has 0 bridgehead atoms. The van der Waals surface area contributed by atoms with Crippen molar-refractivity contribution in [1.29, 1.82) is 0 Å². The molecule has 3 aliphatic rings. The van der Waals surface area contributed by atoms with Gasteiger partial charge >= 0.3 is 6.18 Å². The van der Waals surface area contributed by atoms with Gasteiger partial charge in [-0.3, -0.25) is 4.79 Å². The molecule has 0 radical (unpaired) electrons. The Labute approximate surface area is 188 Å². The maximum Gasteiger partial charge on any atom is 0.416 e. The number of benzene rings is 1. The Morgan fingerprint density at radius 2 is 1.97 bits per heavy atom. The summed E-state index contributed by atoms with van der Waals surface area (Å²) in [5.74, 6) is 0.207. The fourth-order valence-electron chi connectivity index (χ4n) is 5.04. The van der Waals surface area contributed by atoms with E-state index in [0.29, 0.717) is 18.0 Å². The molecule has 1 unspecified atom stereocenters. The normalized spacial score (nSPS) is 27.8. The smallest absolute Gasteiger partial charge is 0.356 e. The van der Waals surface area contributed by atoms with E-state index in [-0.39, 0.29) is 11.3 Å². The number of likely N-dealkylation sites (tertiary alicyclic amines) is 1. The average molecular weight is 464 g/mol. The standard InChI is InChI=1S/C23H24F3N3O2S/c24-23(25,26)16-6-4-15(5-7-16)22-11-17(22)12-28(14-22)8-2-9-29-13-18(19-3-1-10-32-19)20(30)27-21(29)31/h1,3-7,10,13,17,21,31H,2,8-9,11-12,14H2,(H,27,30)/t17-,21?,22+/m0/s1. The van der Waals surface area contributed by atoms with Crippen LogP contribution in [0.1, 0.15) is 28.8 Å². The molecule has 2 aromatic rings. The zero-order valence-corrected chi connectivity index (χ0v) is 18.1. The summed E-state index contributed by atoms with van der Waals surface area (Å²) in [7, 11) is 0. The third-order valence-corrected chi connectivity index (χ3v) is 7.70. The van der Waals surface area contributed by atoms with Crippen LogP contribution in [0, 0.1) is 5.92 Å². The Hall–Kier alpha value is -2.36. The summed E-state index contributed by atoms with van der Waals surface area (Å²) >= 11 is 1.48. The predicted octanol–water partition coefficient (Wildman–Crippen LogP) is 3.48. The van der Waals surface area contributed by atoms with Gasteiger partial charge in [-0.05, 0) is 54.4 Å². The topological polar surface area (TPSA) is 55.8 Å². The number of aliphatic hydroxyl groups is 1. The van der Waals surface area contributed by atoms with Gasteiger partial charge in [0, 0.05) is 36.1 Å². The Morgan fingerprint density at radius 1 is 1.19 bits per heavy atom. The number of carbonyl (C=O) groups is 1. The monoisotopic (exact) mass is 463 g/mol. The molecular formula is C23H24F3N3O2S. The zero-order valence-electron chi connectivity index (χ0n) is 17.3. The van der Waals surface area contributed by atoms with Crippen LogP contribution in [-0.4, -0.2) is 53.3 Å². The first-order chi connectivity index (χ1) is 15.3. The van der Waals surface area contributed by atoms with Crippen LogP contribution >= 0.6 is 11.3 Å². The molecule has 3 heterocycles. The molecule has 1 aromatic heterocycles. The fraction of sp³-hybridized carbons (Fsp3) is 0.435. The lowest BCUT2D eigenvalue weighted by Gasteiger charge is -2.32. The van der Waals surface area contributed by atoms with Gasteiger partial charge in [0.2, 0.25) is 6.35 Å². The fourth-order valence-corrected chi connectivity index (χ4v) is 5.77. The number of hydrogen-bond donors (Lipinski definition) is 2. The Bertz CT molecular complexity index is 1020. The van der Waals surface area contributed by atoms with Crippen molar-refractivity contribution in [3.8, 4) is 0 Å². The maximum atomic E-state index is 12.9. The van der Waals surface area contributed by atoms with Crippen molar-refractivity contribution >= 4 is 22.8 Å². The molecule has 2 aliphatic heterocycles. The van der Waals surface area contributed by atoms with E-state index < -0.39 is 18.1 Å². The van der Waals surface area contributed by atoms with Crippen molar-refractivity contribution in [1.82, 2.24) is 15.1 Å². The highest BCUT2D eigenvalue weighted by Crippen LogP contribution is 2.59. The molecule has 1 saturated carbocycles. The molecule has 1 saturated heterocycles. The van der Waals surface area contributed by atoms with Crippen molar-refractivity contribution in [2.24, 2.45) is 5.92 Å². The molecule has 5 rings (SSSR count). The minimum Gasteiger partial charge on any atom is -0.356 e. The minimum absolute atomic E-state index is 0.0189. The number of alkyl halides is 3. The number of hydrogen-bond acceptors (Lipinski definition) is 5. The van der Waals surface area contributed by atoms with Crippen LogP contribution in [0.5, 0.6) is 0 Å². The lowest BCUT2D eigenvalue weighted by molar-refractivity contribution is -0.137. The second-order valence-electron chi connectivity index (χ2n) is 8.83. The van der Waals surface area contributed by atoms with E-state index in [4.69, 9.17) is 0 Å². The van der Waals surface area contributed by atoms with Crippen molar-refractivity contribution in [3.05, 3.63) is 64.0 Å². The van der Waals surface area contributed by atoms with Crippen LogP contribution in [0.3, 0.4) is 0 Å². The van der Waals surface area contributed by atoms with E-state index in [1.54, 1.807) is 23.2 Å². The van der Waals surface area contributed by atoms with Gasteiger partial charge in [-0.2, -0.15) is 13.2 Å². The third-order valence-electron chi connectivity index (χ3n) is 6.79. The first-order valence-corrected chi connectivity index (χ1v) is 11.5. The van der Waals surface area contributed by atoms with E-state index in [1.807, 2.05) is 17.5 Å². The van der Waals surface area contributed by atoms with Crippen LogP contribution in [0.4, 0.5) is 13.2 Å². The van der Waals surface area contributed by atoms with Gasteiger partial charge in [0.05, 0.1) is 11.1 Å². The molecule has 9 heteroatoms. The Kier molecular flexibility index (Phi) is 5.30. The summed E-state index contributed by atoms with van der Waals surface area (Å²) in [5, 5.41) is 14.7. The van der Waals surface area contributed by atoms with Crippen molar-refractivity contribution < 1.29 is 23.1 Å². The van der Waals surface area contributed by atoms with Gasteiger partial charge < -0.3 is 20.2 Å². The number of fused-ring (bicyclic) bond motifs is 1. The molecule has 1 aliphatic carbocycles. The predicted molar refractivity (Wildman–Crippen MR) is 115 cm³/mol. The third kappa shape index (κ3) is 3.93. The molecule has 2 fully saturated rings. The second kappa shape index (κ2) is 7.90. The number of nitrogens with one attached hydrogen (secondary N) is 1. The summed E-state index contributed by atoms with van der Waals surface area (Å²) < 4.78 is 38.6. The summed E-state index contributed by atoms with van der Waals surface area (Å²) in [6.45, 7) is 3.21. The van der Waals surface area contributed by atoms with Gasteiger partial charge in [0.1, 0.15) is 0 Å². The van der Waals surface area contributed by atoms with Crippen LogP contribution in [-0.2, 0) is 16.4 Å². The molecule has 32 heavy (non-hydrogen) atoms. The van der Waals surface area contributed by atoms with Gasteiger partial charge in [-0.25, -0.2) is 0 Å². The van der Waals surface area contributed by atoms with Crippen LogP contribution < -0.4 is 5.32 Å². The number of carbonyl (C=O) groups excluding carboxylic acids is 1. The largest absolute Gasteiger partial charge is 0.416 e. The van der Waals surface area contributed by atoms with E-state index >= 15 is 0 Å². The van der Waals surface area contributed by atoms with E-state index in [9.17, 15) is 23.1 Å². The lowest BCUT2D eigenvalue weighted by atomic mass is 9.94. The average Bonchev–Trinajstić information content (AvgIpc) is 3.08. The van der Waals surface area contributed by atoms with Gasteiger partial charge in [-0.1, -0.05) is 18.2 Å². The van der Waals surface area contributed by atoms with Crippen molar-refractivity contribution in [2.45, 2.75) is 30.8 Å². The first-order valence-electron chi connectivity index (χ1n) is 10.7. The number of thiophene rings is 1. The molecule has 1 aromatic carbocycles. The molecule has 5 nitrogen and oxygen atoms in total. The Morgan fingerprint density at radius 3 is 2.66 bits per heavy atom. The SMILES string of the molecule is O=C1NC(O)N(CCCN2C[C@@H]3C[C@]3(c3ccc(C(F)(F)F)cc3)C2)C=C1c1cccs1. The highest BCUT2D eigenvalue weighted by molar-refractivity contribution is 7.11. The second-order valence-corrected chi connectivity index (χ2v) is 9.77. The quantitative estimate of drug-likeness (QED) is 0.689. The van der Waals surface area contributed by atoms with Crippen molar-refractivity contribution in [3.63, 3.8) is 0 Å². The molecule has 2 N–H and O–H groups in total. The van der Waals surface area contributed by atoms with Gasteiger partial charge in [0.15, 0.2) is 0 Å². The number of rotatable bonds is 6. The molecule has 0 spiro atoms. The van der Waals surface area contributed by atoms with Gasteiger partial charge in [-0.15, -0.1) is 11.3 Å². The molecule has 3 atom stereocenters. The summed E-state index contributed by atoms with van der Waals surface area (Å²) in [4.78, 5) is 17.1. The van der Waals surface area contributed by atoms with E-state index in [0.717, 1.165) is 42.9 Å². The maximum absolute atomic E-state index is 12.9. The van der Waals surface area contributed by atoms with Crippen LogP contribution in [0.15, 0.2) is 48.0 Å². The Balaban J connectivity index is 1.17. The lowest BCUT2D eigenvalue weighted by Crippen LogP contribution is -2.50. The van der Waals surface area contributed by atoms with Crippen LogP contribution in [0.2, 0.25) is 0 Å². The van der Waals surface area contributed by atoms with Gasteiger partial charge in [0.25, 0.3) is 5.91 Å². The molecular weight excluding hydrogens is 439 g/mol. The minimum atomic E-state index is -4.31. The highest BCUT2D eigenvalue weighted by atomic mass is 32.1. The number of amides is 1.